The van der Waals surface area contributed by atoms with E-state index in [4.69, 9.17) is 16.7 Å². The minimum absolute atomic E-state index is 0.0243. The highest BCUT2D eigenvalue weighted by Crippen LogP contribution is 2.23. The maximum absolute atomic E-state index is 12.8. The number of rotatable bonds is 1. The number of hydrogen-bond donors (Lipinski definition) is 0. The molecule has 0 aliphatic carbocycles. The predicted octanol–water partition coefficient (Wildman–Crippen LogP) is 2.86. The number of benzene rings is 1. The van der Waals surface area contributed by atoms with E-state index in [1.807, 2.05) is 24.3 Å². The van der Waals surface area contributed by atoms with Crippen molar-refractivity contribution >= 4 is 22.8 Å². The van der Waals surface area contributed by atoms with Crippen molar-refractivity contribution < 1.29 is 0 Å². The number of anilines is 1. The molecule has 0 fully saturated rings. The summed E-state index contributed by atoms with van der Waals surface area (Å²) in [5.41, 5.74) is 1.40. The third kappa shape index (κ3) is 2.70. The Kier molecular flexibility index (Phi) is 3.61. The fourth-order valence-corrected chi connectivity index (χ4v) is 3.35. The van der Waals surface area contributed by atoms with E-state index in [2.05, 4.69) is 30.7 Å². The summed E-state index contributed by atoms with van der Waals surface area (Å²) in [7, 11) is 0. The standard InChI is InChI=1S/C18H20ClN5O/c1-18(2,3)17-20-10-14-16(25)23-9-8-22(11-15(23)21-24(14)17)13-6-4-12(19)5-7-13/h4-7,10H,8-9,11H2,1-3H3. The Morgan fingerprint density at radius 1 is 1.12 bits per heavy atom. The van der Waals surface area contributed by atoms with Crippen LogP contribution >= 0.6 is 11.6 Å². The van der Waals surface area contributed by atoms with Gasteiger partial charge < -0.3 is 4.90 Å². The lowest BCUT2D eigenvalue weighted by Gasteiger charge is -2.31. The molecule has 3 heterocycles. The van der Waals surface area contributed by atoms with E-state index in [0.29, 0.717) is 23.6 Å². The molecule has 6 nitrogen and oxygen atoms in total. The molecule has 0 spiro atoms. The normalized spacial score (nSPS) is 14.8. The number of aromatic nitrogens is 4. The fraction of sp³-hybridized carbons (Fsp3) is 0.389. The molecule has 0 bridgehead atoms. The summed E-state index contributed by atoms with van der Waals surface area (Å²) in [6.07, 6.45) is 1.63. The SMILES string of the molecule is CC(C)(C)c1ncc2c(=O)n3c(nn12)CN(c1ccc(Cl)cc1)CC3. The Labute approximate surface area is 150 Å². The zero-order valence-electron chi connectivity index (χ0n) is 14.5. The topological polar surface area (TPSA) is 55.4 Å². The molecule has 7 heteroatoms. The number of fused-ring (bicyclic) bond motifs is 2. The van der Waals surface area contributed by atoms with Gasteiger partial charge in [-0.3, -0.25) is 9.36 Å². The molecule has 3 aromatic rings. The van der Waals surface area contributed by atoms with Crippen molar-refractivity contribution in [3.05, 3.63) is 57.5 Å². The molecule has 130 valence electrons. The molecule has 0 unspecified atom stereocenters. The Morgan fingerprint density at radius 2 is 1.84 bits per heavy atom. The predicted molar refractivity (Wildman–Crippen MR) is 98.4 cm³/mol. The smallest absolute Gasteiger partial charge is 0.279 e. The first-order valence-electron chi connectivity index (χ1n) is 8.33. The summed E-state index contributed by atoms with van der Waals surface area (Å²) in [5, 5.41) is 5.46. The lowest BCUT2D eigenvalue weighted by atomic mass is 9.96. The summed E-state index contributed by atoms with van der Waals surface area (Å²) in [6, 6.07) is 7.74. The van der Waals surface area contributed by atoms with Gasteiger partial charge in [0.1, 0.15) is 5.82 Å². The third-order valence-corrected chi connectivity index (χ3v) is 4.77. The second-order valence-corrected chi connectivity index (χ2v) is 7.84. The maximum atomic E-state index is 12.8. The second kappa shape index (κ2) is 5.59. The van der Waals surface area contributed by atoms with Crippen molar-refractivity contribution in [3.63, 3.8) is 0 Å². The number of nitrogens with zero attached hydrogens (tertiary/aromatic N) is 5. The zero-order chi connectivity index (χ0) is 17.8. The highest BCUT2D eigenvalue weighted by molar-refractivity contribution is 6.30. The van der Waals surface area contributed by atoms with Crippen LogP contribution in [0.4, 0.5) is 5.69 Å². The van der Waals surface area contributed by atoms with Crippen LogP contribution in [-0.2, 0) is 18.5 Å². The highest BCUT2D eigenvalue weighted by atomic mass is 35.5. The van der Waals surface area contributed by atoms with Gasteiger partial charge in [0, 0.05) is 29.2 Å². The molecule has 0 atom stereocenters. The number of imidazole rings is 1. The van der Waals surface area contributed by atoms with Crippen molar-refractivity contribution in [1.82, 2.24) is 19.2 Å². The molecule has 4 rings (SSSR count). The minimum Gasteiger partial charge on any atom is -0.362 e. The van der Waals surface area contributed by atoms with Crippen LogP contribution in [0.3, 0.4) is 0 Å². The molecule has 2 aromatic heterocycles. The number of halogens is 1. The average Bonchev–Trinajstić information content (AvgIpc) is 2.99. The Bertz CT molecular complexity index is 997. The van der Waals surface area contributed by atoms with Crippen LogP contribution < -0.4 is 10.5 Å². The fourth-order valence-electron chi connectivity index (χ4n) is 3.22. The van der Waals surface area contributed by atoms with Crippen LogP contribution in [0.15, 0.2) is 35.3 Å². The molecular formula is C18H20ClN5O. The summed E-state index contributed by atoms with van der Waals surface area (Å²) in [6.45, 7) is 8.15. The molecule has 1 aliphatic heterocycles. The van der Waals surface area contributed by atoms with E-state index >= 15 is 0 Å². The van der Waals surface area contributed by atoms with Gasteiger partial charge in [-0.2, -0.15) is 5.10 Å². The van der Waals surface area contributed by atoms with Gasteiger partial charge in [0.15, 0.2) is 11.3 Å². The molecule has 0 amide bonds. The molecule has 1 aliphatic rings. The van der Waals surface area contributed by atoms with Crippen molar-refractivity contribution in [3.8, 4) is 0 Å². The largest absolute Gasteiger partial charge is 0.362 e. The van der Waals surface area contributed by atoms with Gasteiger partial charge in [0.05, 0.1) is 12.7 Å². The minimum atomic E-state index is -0.185. The first-order chi connectivity index (χ1) is 11.8. The first kappa shape index (κ1) is 16.1. The molecule has 0 radical (unpaired) electrons. The Balaban J connectivity index is 1.80. The quantitative estimate of drug-likeness (QED) is 0.672. The zero-order valence-corrected chi connectivity index (χ0v) is 15.3. The van der Waals surface area contributed by atoms with Crippen LogP contribution in [0.25, 0.3) is 5.52 Å². The number of hydrogen-bond acceptors (Lipinski definition) is 4. The molecule has 1 aromatic carbocycles. The van der Waals surface area contributed by atoms with Gasteiger partial charge >= 0.3 is 0 Å². The van der Waals surface area contributed by atoms with Crippen LogP contribution in [0, 0.1) is 0 Å². The van der Waals surface area contributed by atoms with Gasteiger partial charge in [-0.1, -0.05) is 32.4 Å². The van der Waals surface area contributed by atoms with E-state index in [0.717, 1.165) is 23.9 Å². The van der Waals surface area contributed by atoms with Crippen molar-refractivity contribution in [2.45, 2.75) is 39.3 Å². The van der Waals surface area contributed by atoms with Crippen LogP contribution in [0.1, 0.15) is 32.4 Å². The lowest BCUT2D eigenvalue weighted by molar-refractivity contribution is 0.490. The average molecular weight is 358 g/mol. The molecule has 0 saturated carbocycles. The third-order valence-electron chi connectivity index (χ3n) is 4.52. The van der Waals surface area contributed by atoms with Crippen molar-refractivity contribution in [2.75, 3.05) is 11.4 Å². The summed E-state index contributed by atoms with van der Waals surface area (Å²) in [5.74, 6) is 1.55. The van der Waals surface area contributed by atoms with Gasteiger partial charge in [0.2, 0.25) is 0 Å². The van der Waals surface area contributed by atoms with Crippen LogP contribution in [-0.4, -0.2) is 25.7 Å². The van der Waals surface area contributed by atoms with E-state index in [1.165, 1.54) is 0 Å². The highest BCUT2D eigenvalue weighted by Gasteiger charge is 2.25. The monoisotopic (exact) mass is 357 g/mol. The van der Waals surface area contributed by atoms with E-state index in [1.54, 1.807) is 15.3 Å². The van der Waals surface area contributed by atoms with Crippen LogP contribution in [0.5, 0.6) is 0 Å². The first-order valence-corrected chi connectivity index (χ1v) is 8.71. The molecule has 25 heavy (non-hydrogen) atoms. The van der Waals surface area contributed by atoms with Gasteiger partial charge in [-0.15, -0.1) is 0 Å². The van der Waals surface area contributed by atoms with Gasteiger partial charge in [0.25, 0.3) is 5.56 Å². The van der Waals surface area contributed by atoms with Gasteiger partial charge in [-0.25, -0.2) is 9.50 Å². The molecule has 0 saturated heterocycles. The second-order valence-electron chi connectivity index (χ2n) is 7.40. The lowest BCUT2D eigenvalue weighted by Crippen LogP contribution is -2.41. The maximum Gasteiger partial charge on any atom is 0.279 e. The summed E-state index contributed by atoms with van der Waals surface area (Å²) in [4.78, 5) is 19.5. The molecular weight excluding hydrogens is 338 g/mol. The Hall–Kier alpha value is -2.34. The Morgan fingerprint density at radius 3 is 2.52 bits per heavy atom. The van der Waals surface area contributed by atoms with Crippen LogP contribution in [0.2, 0.25) is 5.02 Å². The van der Waals surface area contributed by atoms with E-state index in [-0.39, 0.29) is 11.0 Å². The summed E-state index contributed by atoms with van der Waals surface area (Å²) >= 11 is 5.98. The molecule has 0 N–H and O–H groups in total. The summed E-state index contributed by atoms with van der Waals surface area (Å²) < 4.78 is 3.47. The van der Waals surface area contributed by atoms with Crippen molar-refractivity contribution in [2.24, 2.45) is 0 Å². The van der Waals surface area contributed by atoms with Gasteiger partial charge in [-0.05, 0) is 24.3 Å². The van der Waals surface area contributed by atoms with Crippen molar-refractivity contribution in [1.29, 1.82) is 0 Å². The van der Waals surface area contributed by atoms with E-state index < -0.39 is 0 Å². The van der Waals surface area contributed by atoms with E-state index in [9.17, 15) is 4.79 Å².